The van der Waals surface area contributed by atoms with Crippen LogP contribution in [-0.4, -0.2) is 49.2 Å². The lowest BCUT2D eigenvalue weighted by atomic mass is 9.91. The van der Waals surface area contributed by atoms with Crippen molar-refractivity contribution in [2.75, 3.05) is 20.2 Å². The quantitative estimate of drug-likeness (QED) is 0.776. The molecular weight excluding hydrogens is 228 g/mol. The van der Waals surface area contributed by atoms with Gasteiger partial charge >= 0.3 is 5.97 Å². The fourth-order valence-electron chi connectivity index (χ4n) is 3.30. The van der Waals surface area contributed by atoms with Crippen LogP contribution < -0.4 is 5.32 Å². The van der Waals surface area contributed by atoms with E-state index in [1.54, 1.807) is 0 Å². The molecule has 4 nitrogen and oxygen atoms in total. The smallest absolute Gasteiger partial charge is 0.307 e. The molecule has 0 radical (unpaired) electrons. The van der Waals surface area contributed by atoms with Gasteiger partial charge in [0.05, 0.1) is 13.5 Å². The Morgan fingerprint density at radius 3 is 2.72 bits per heavy atom. The van der Waals surface area contributed by atoms with Crippen molar-refractivity contribution < 1.29 is 9.53 Å². The first-order valence-corrected chi connectivity index (χ1v) is 7.26. The second-order valence-corrected chi connectivity index (χ2v) is 5.72. The number of esters is 1. The van der Waals surface area contributed by atoms with E-state index in [9.17, 15) is 4.79 Å². The normalized spacial score (nSPS) is 31.2. The van der Waals surface area contributed by atoms with Crippen molar-refractivity contribution in [1.82, 2.24) is 10.2 Å². The molecule has 0 bridgehead atoms. The number of hydrogen-bond acceptors (Lipinski definition) is 4. The van der Waals surface area contributed by atoms with Crippen LogP contribution in [0.25, 0.3) is 0 Å². The van der Waals surface area contributed by atoms with Gasteiger partial charge in [-0.25, -0.2) is 0 Å². The summed E-state index contributed by atoms with van der Waals surface area (Å²) >= 11 is 0. The molecule has 2 atom stereocenters. The highest BCUT2D eigenvalue weighted by Crippen LogP contribution is 2.25. The second kappa shape index (κ2) is 6.53. The van der Waals surface area contributed by atoms with Crippen LogP contribution in [0.4, 0.5) is 0 Å². The fourth-order valence-corrected chi connectivity index (χ4v) is 3.30. The average molecular weight is 254 g/mol. The van der Waals surface area contributed by atoms with E-state index in [1.807, 2.05) is 0 Å². The van der Waals surface area contributed by atoms with Crippen molar-refractivity contribution in [2.45, 2.75) is 63.6 Å². The second-order valence-electron chi connectivity index (χ2n) is 5.72. The van der Waals surface area contributed by atoms with E-state index in [1.165, 1.54) is 39.2 Å². The third kappa shape index (κ3) is 3.45. The Morgan fingerprint density at radius 1 is 1.33 bits per heavy atom. The van der Waals surface area contributed by atoms with Gasteiger partial charge in [0.15, 0.2) is 0 Å². The first-order valence-electron chi connectivity index (χ1n) is 7.26. The Labute approximate surface area is 110 Å². The summed E-state index contributed by atoms with van der Waals surface area (Å²) in [6.45, 7) is 4.26. The molecule has 0 spiro atoms. The highest BCUT2D eigenvalue weighted by molar-refractivity contribution is 5.69. The minimum absolute atomic E-state index is 0.106. The molecule has 1 saturated carbocycles. The molecule has 0 amide bonds. The summed E-state index contributed by atoms with van der Waals surface area (Å²) in [6, 6.07) is 1.58. The first kappa shape index (κ1) is 13.8. The first-order chi connectivity index (χ1) is 8.70. The van der Waals surface area contributed by atoms with Crippen molar-refractivity contribution in [3.63, 3.8) is 0 Å². The Kier molecular flexibility index (Phi) is 5.01. The van der Waals surface area contributed by atoms with Crippen LogP contribution in [0.5, 0.6) is 0 Å². The van der Waals surface area contributed by atoms with Gasteiger partial charge in [0.2, 0.25) is 0 Å². The van der Waals surface area contributed by atoms with Gasteiger partial charge in [-0.3, -0.25) is 9.69 Å². The summed E-state index contributed by atoms with van der Waals surface area (Å²) in [5, 5.41) is 3.46. The predicted molar refractivity (Wildman–Crippen MR) is 71.5 cm³/mol. The Hall–Kier alpha value is -0.610. The number of rotatable bonds is 3. The topological polar surface area (TPSA) is 41.6 Å². The molecular formula is C14H26N2O2. The summed E-state index contributed by atoms with van der Waals surface area (Å²) in [6.07, 6.45) is 7.27. The summed E-state index contributed by atoms with van der Waals surface area (Å²) in [5.41, 5.74) is 0. The summed E-state index contributed by atoms with van der Waals surface area (Å²) in [7, 11) is 1.46. The van der Waals surface area contributed by atoms with E-state index in [2.05, 4.69) is 17.1 Å². The van der Waals surface area contributed by atoms with E-state index in [0.717, 1.165) is 19.1 Å². The molecule has 104 valence electrons. The molecule has 1 aliphatic carbocycles. The highest BCUT2D eigenvalue weighted by atomic mass is 16.5. The summed E-state index contributed by atoms with van der Waals surface area (Å²) in [4.78, 5) is 14.0. The monoisotopic (exact) mass is 254 g/mol. The molecule has 4 heteroatoms. The lowest BCUT2D eigenvalue weighted by molar-refractivity contribution is -0.141. The van der Waals surface area contributed by atoms with Gasteiger partial charge in [0.1, 0.15) is 0 Å². The molecule has 2 aliphatic rings. The van der Waals surface area contributed by atoms with Crippen molar-refractivity contribution in [3.8, 4) is 0 Å². The van der Waals surface area contributed by atoms with Gasteiger partial charge in [-0.1, -0.05) is 19.3 Å². The maximum Gasteiger partial charge on any atom is 0.307 e. The van der Waals surface area contributed by atoms with Gasteiger partial charge in [-0.05, 0) is 19.8 Å². The van der Waals surface area contributed by atoms with Gasteiger partial charge < -0.3 is 10.1 Å². The lowest BCUT2D eigenvalue weighted by Crippen LogP contribution is -2.59. The molecule has 1 saturated heterocycles. The van der Waals surface area contributed by atoms with Crippen molar-refractivity contribution in [1.29, 1.82) is 0 Å². The van der Waals surface area contributed by atoms with Crippen LogP contribution >= 0.6 is 0 Å². The van der Waals surface area contributed by atoms with E-state index < -0.39 is 0 Å². The van der Waals surface area contributed by atoms with Crippen LogP contribution in [0.15, 0.2) is 0 Å². The molecule has 2 rings (SSSR count). The van der Waals surface area contributed by atoms with Crippen molar-refractivity contribution in [3.05, 3.63) is 0 Å². The van der Waals surface area contributed by atoms with Crippen molar-refractivity contribution in [2.24, 2.45) is 0 Å². The van der Waals surface area contributed by atoms with Crippen LogP contribution in [-0.2, 0) is 9.53 Å². The predicted octanol–water partition coefficient (Wildman–Crippen LogP) is 1.54. The Balaban J connectivity index is 1.89. The molecule has 1 N–H and O–H groups in total. The molecule has 0 aromatic heterocycles. The van der Waals surface area contributed by atoms with E-state index in [-0.39, 0.29) is 12.0 Å². The van der Waals surface area contributed by atoms with E-state index in [4.69, 9.17) is 4.74 Å². The maximum atomic E-state index is 11.4. The number of methoxy groups -OCH3 is 1. The molecule has 1 aliphatic heterocycles. The summed E-state index contributed by atoms with van der Waals surface area (Å²) in [5.74, 6) is -0.106. The van der Waals surface area contributed by atoms with Gasteiger partial charge in [0, 0.05) is 31.2 Å². The largest absolute Gasteiger partial charge is 0.469 e. The number of nitrogens with zero attached hydrogens (tertiary/aromatic N) is 1. The zero-order valence-electron chi connectivity index (χ0n) is 11.7. The van der Waals surface area contributed by atoms with E-state index in [0.29, 0.717) is 12.5 Å². The minimum Gasteiger partial charge on any atom is -0.469 e. The van der Waals surface area contributed by atoms with Gasteiger partial charge in [-0.15, -0.1) is 0 Å². The number of piperazine rings is 1. The molecule has 2 fully saturated rings. The molecule has 18 heavy (non-hydrogen) atoms. The zero-order chi connectivity index (χ0) is 13.0. The molecule has 0 aromatic carbocycles. The average Bonchev–Trinajstić information content (AvgIpc) is 2.42. The van der Waals surface area contributed by atoms with Crippen LogP contribution in [0.3, 0.4) is 0 Å². The minimum atomic E-state index is -0.106. The van der Waals surface area contributed by atoms with Crippen LogP contribution in [0, 0.1) is 0 Å². The standard InChI is InChI=1S/C14H26N2O2/c1-11-9-15-12(8-14(17)18-2)10-16(11)13-6-4-3-5-7-13/h11-13,15H,3-10H2,1-2H3. The van der Waals surface area contributed by atoms with Gasteiger partial charge in [-0.2, -0.15) is 0 Å². The van der Waals surface area contributed by atoms with Crippen molar-refractivity contribution >= 4 is 5.97 Å². The number of carbonyl (C=O) groups is 1. The molecule has 0 aromatic rings. The third-order valence-corrected chi connectivity index (χ3v) is 4.38. The third-order valence-electron chi connectivity index (χ3n) is 4.38. The van der Waals surface area contributed by atoms with Gasteiger partial charge in [0.25, 0.3) is 0 Å². The molecule has 1 heterocycles. The fraction of sp³-hybridized carbons (Fsp3) is 0.929. The van der Waals surface area contributed by atoms with Crippen LogP contribution in [0.1, 0.15) is 45.4 Å². The highest BCUT2D eigenvalue weighted by Gasteiger charge is 2.31. The Morgan fingerprint density at radius 2 is 2.06 bits per heavy atom. The zero-order valence-corrected chi connectivity index (χ0v) is 11.7. The number of carbonyl (C=O) groups excluding carboxylic acids is 1. The van der Waals surface area contributed by atoms with Crippen LogP contribution in [0.2, 0.25) is 0 Å². The number of ether oxygens (including phenoxy) is 1. The SMILES string of the molecule is COC(=O)CC1CN(C2CCCCC2)C(C)CN1. The lowest BCUT2D eigenvalue weighted by Gasteiger charge is -2.44. The Bertz CT molecular complexity index is 277. The molecule has 2 unspecified atom stereocenters. The maximum absolute atomic E-state index is 11.4. The number of nitrogens with one attached hydrogen (secondary N) is 1. The summed E-state index contributed by atoms with van der Waals surface area (Å²) < 4.78 is 4.76. The van der Waals surface area contributed by atoms with E-state index >= 15 is 0 Å². The number of hydrogen-bond donors (Lipinski definition) is 1.